The zero-order valence-corrected chi connectivity index (χ0v) is 48.2. The molecule has 0 aromatic carbocycles. The highest BCUT2D eigenvalue weighted by molar-refractivity contribution is 5.74. The van der Waals surface area contributed by atoms with Crippen LogP contribution >= 0.6 is 0 Å². The van der Waals surface area contributed by atoms with Crippen molar-refractivity contribution in [3.8, 4) is 0 Å². The molecular formula is C65H106O12. The highest BCUT2D eigenvalue weighted by Crippen LogP contribution is 2.26. The van der Waals surface area contributed by atoms with E-state index in [1.165, 1.54) is 51.4 Å². The van der Waals surface area contributed by atoms with E-state index in [1.54, 1.807) is 0 Å². The largest absolute Gasteiger partial charge is 0.479 e. The number of aliphatic hydroxyl groups excluding tert-OH is 2. The smallest absolute Gasteiger partial charge is 0.335 e. The lowest BCUT2D eigenvalue weighted by Gasteiger charge is -2.40. The number of hydrogen-bond donors (Lipinski definition) is 3. The number of unbranched alkanes of at least 4 members (excludes halogenated alkanes) is 20. The molecule has 1 saturated heterocycles. The summed E-state index contributed by atoms with van der Waals surface area (Å²) < 4.78 is 28.4. The number of carbonyl (C=O) groups is 4. The lowest BCUT2D eigenvalue weighted by molar-refractivity contribution is -0.301. The van der Waals surface area contributed by atoms with Crippen LogP contribution in [0.1, 0.15) is 239 Å². The number of aliphatic hydroxyl groups is 2. The van der Waals surface area contributed by atoms with Gasteiger partial charge in [-0.15, -0.1) is 0 Å². The second kappa shape index (κ2) is 52.3. The maximum Gasteiger partial charge on any atom is 0.335 e. The van der Waals surface area contributed by atoms with Crippen molar-refractivity contribution in [3.63, 3.8) is 0 Å². The van der Waals surface area contributed by atoms with Crippen LogP contribution in [0.15, 0.2) is 97.2 Å². The van der Waals surface area contributed by atoms with E-state index in [0.717, 1.165) is 122 Å². The van der Waals surface area contributed by atoms with Crippen molar-refractivity contribution in [1.29, 1.82) is 0 Å². The molecule has 0 spiro atoms. The molecule has 1 fully saturated rings. The van der Waals surface area contributed by atoms with E-state index in [1.807, 2.05) is 6.08 Å². The van der Waals surface area contributed by atoms with Crippen LogP contribution in [0.4, 0.5) is 0 Å². The van der Waals surface area contributed by atoms with Crippen molar-refractivity contribution in [2.45, 2.75) is 276 Å². The second-order valence-electron chi connectivity index (χ2n) is 20.2. The highest BCUT2D eigenvalue weighted by Gasteiger charge is 2.50. The quantitative estimate of drug-likeness (QED) is 0.0228. The third-order valence-corrected chi connectivity index (χ3v) is 13.2. The third-order valence-electron chi connectivity index (χ3n) is 13.2. The van der Waals surface area contributed by atoms with Crippen LogP contribution < -0.4 is 0 Å². The van der Waals surface area contributed by atoms with Crippen LogP contribution in [-0.4, -0.2) is 89.2 Å². The Hall–Kier alpha value is -4.36. The first kappa shape index (κ1) is 70.7. The van der Waals surface area contributed by atoms with E-state index in [0.29, 0.717) is 25.7 Å². The minimum absolute atomic E-state index is 0.0527. The van der Waals surface area contributed by atoms with Crippen molar-refractivity contribution in [2.75, 3.05) is 13.2 Å². The van der Waals surface area contributed by atoms with Crippen LogP contribution in [0.25, 0.3) is 0 Å². The monoisotopic (exact) mass is 1080 g/mol. The summed E-state index contributed by atoms with van der Waals surface area (Å²) in [7, 11) is 0. The molecule has 12 heteroatoms. The van der Waals surface area contributed by atoms with Crippen molar-refractivity contribution in [3.05, 3.63) is 97.2 Å². The maximum absolute atomic E-state index is 13.2. The second-order valence-corrected chi connectivity index (χ2v) is 20.2. The van der Waals surface area contributed by atoms with Crippen molar-refractivity contribution < 1.29 is 58.2 Å². The molecule has 0 bridgehead atoms. The van der Waals surface area contributed by atoms with Gasteiger partial charge in [-0.2, -0.15) is 0 Å². The molecular weight excluding hydrogens is 973 g/mol. The van der Waals surface area contributed by atoms with Crippen molar-refractivity contribution in [2.24, 2.45) is 0 Å². The molecule has 1 rings (SSSR count). The van der Waals surface area contributed by atoms with Gasteiger partial charge >= 0.3 is 23.9 Å². The van der Waals surface area contributed by atoms with Gasteiger partial charge in [0, 0.05) is 19.3 Å². The molecule has 0 aliphatic carbocycles. The van der Waals surface area contributed by atoms with E-state index in [2.05, 4.69) is 112 Å². The molecule has 0 radical (unpaired) electrons. The van der Waals surface area contributed by atoms with Gasteiger partial charge in [-0.1, -0.05) is 227 Å². The molecule has 0 saturated carbocycles. The number of rotatable bonds is 50. The molecule has 6 atom stereocenters. The molecule has 438 valence electrons. The van der Waals surface area contributed by atoms with Gasteiger partial charge in [-0.25, -0.2) is 4.79 Å². The Labute approximate surface area is 466 Å². The fourth-order valence-corrected chi connectivity index (χ4v) is 8.59. The van der Waals surface area contributed by atoms with E-state index in [-0.39, 0.29) is 25.9 Å². The number of carbonyl (C=O) groups excluding carboxylic acids is 3. The maximum atomic E-state index is 13.2. The standard InChI is InChI=1S/C65H106O12/c1-4-7-10-13-16-19-22-25-27-29-31-34-36-39-42-45-48-51-57(66)73-54-56(75-58(67)52-49-46-43-40-38-35-32-30-28-26-23-20-17-14-11-8-5-2)55-74-65-63(61(70)60(69)62(77-65)64(71)72)76-59(68)53-50-47-44-41-37-33-24-21-18-15-12-9-6-3/h7-8,10-11,16-17,19-20,25-28,31,34,39,42,56,60-63,65,69-70H,4-6,9,12-15,18,21-24,29-30,32-33,35-38,40-41,43-55H2,1-3H3,(H,71,72)/b10-7-,11-8-,19-16-,20-17-,27-25-,28-26-,34-31-,42-39-. The number of carboxylic acid groups (broad SMARTS) is 1. The van der Waals surface area contributed by atoms with E-state index >= 15 is 0 Å². The average Bonchev–Trinajstić information content (AvgIpc) is 3.42. The van der Waals surface area contributed by atoms with Gasteiger partial charge in [0.05, 0.1) is 6.61 Å². The van der Waals surface area contributed by atoms with Crippen LogP contribution in [0.5, 0.6) is 0 Å². The van der Waals surface area contributed by atoms with Crippen LogP contribution in [-0.2, 0) is 42.9 Å². The Bertz CT molecular complexity index is 1710. The fourth-order valence-electron chi connectivity index (χ4n) is 8.59. The first-order chi connectivity index (χ1) is 37.6. The van der Waals surface area contributed by atoms with Crippen LogP contribution in [0.3, 0.4) is 0 Å². The van der Waals surface area contributed by atoms with Gasteiger partial charge in [0.1, 0.15) is 18.8 Å². The molecule has 12 nitrogen and oxygen atoms in total. The summed E-state index contributed by atoms with van der Waals surface area (Å²) in [5, 5.41) is 31.5. The van der Waals surface area contributed by atoms with Crippen molar-refractivity contribution in [1.82, 2.24) is 0 Å². The molecule has 0 aromatic rings. The minimum atomic E-state index is -1.91. The summed E-state index contributed by atoms with van der Waals surface area (Å²) in [6.45, 7) is 5.71. The average molecular weight is 1080 g/mol. The SMILES string of the molecule is CC/C=C\C/C=C\C/C=C\C/C=C\C/C=C\CCCC(=O)OCC(COC1OC(C(=O)O)C(O)C(O)C1OC(=O)CCCCCCCCCCCCCCC)OC(=O)CCCCCCCCC/C=C\C/C=C\C/C=C\CC. The summed E-state index contributed by atoms with van der Waals surface area (Å²) in [5.74, 6) is -3.21. The highest BCUT2D eigenvalue weighted by atomic mass is 16.7. The predicted octanol–water partition coefficient (Wildman–Crippen LogP) is 15.7. The lowest BCUT2D eigenvalue weighted by Crippen LogP contribution is -2.61. The zero-order valence-electron chi connectivity index (χ0n) is 48.2. The van der Waals surface area contributed by atoms with Gasteiger partial charge in [-0.3, -0.25) is 14.4 Å². The van der Waals surface area contributed by atoms with Gasteiger partial charge in [0.2, 0.25) is 0 Å². The number of carboxylic acids is 1. The van der Waals surface area contributed by atoms with E-state index < -0.39 is 67.3 Å². The topological polar surface area (TPSA) is 175 Å². The summed E-state index contributed by atoms with van der Waals surface area (Å²) >= 11 is 0. The number of esters is 3. The molecule has 0 amide bonds. The van der Waals surface area contributed by atoms with Gasteiger partial charge in [0.25, 0.3) is 0 Å². The van der Waals surface area contributed by atoms with E-state index in [4.69, 9.17) is 23.7 Å². The first-order valence-corrected chi connectivity index (χ1v) is 30.2. The normalized spacial score (nSPS) is 18.7. The molecule has 6 unspecified atom stereocenters. The number of hydrogen-bond acceptors (Lipinski definition) is 11. The summed E-state index contributed by atoms with van der Waals surface area (Å²) in [4.78, 5) is 51.2. The Balaban J connectivity index is 2.73. The van der Waals surface area contributed by atoms with Crippen molar-refractivity contribution >= 4 is 23.9 Å². The fraction of sp³-hybridized carbons (Fsp3) is 0.692. The Morgan fingerprint density at radius 1 is 0.442 bits per heavy atom. The summed E-state index contributed by atoms with van der Waals surface area (Å²) in [6.07, 6.45) is 56.6. The third kappa shape index (κ3) is 42.3. The van der Waals surface area contributed by atoms with Gasteiger partial charge in [0.15, 0.2) is 24.6 Å². The van der Waals surface area contributed by atoms with E-state index in [9.17, 15) is 34.5 Å². The lowest BCUT2D eigenvalue weighted by atomic mass is 9.98. The number of aliphatic carboxylic acids is 1. The first-order valence-electron chi connectivity index (χ1n) is 30.2. The Morgan fingerprint density at radius 3 is 1.29 bits per heavy atom. The number of ether oxygens (including phenoxy) is 5. The number of allylic oxidation sites excluding steroid dienone is 16. The molecule has 77 heavy (non-hydrogen) atoms. The molecule has 3 N–H and O–H groups in total. The summed E-state index contributed by atoms with van der Waals surface area (Å²) in [6, 6.07) is 0. The zero-order chi connectivity index (χ0) is 56.1. The van der Waals surface area contributed by atoms with Gasteiger partial charge < -0.3 is 39.0 Å². The molecule has 1 aliphatic rings. The molecule has 1 aliphatic heterocycles. The molecule has 1 heterocycles. The van der Waals surface area contributed by atoms with Gasteiger partial charge in [-0.05, 0) is 89.9 Å². The molecule has 0 aromatic heterocycles. The van der Waals surface area contributed by atoms with Crippen LogP contribution in [0, 0.1) is 0 Å². The summed E-state index contributed by atoms with van der Waals surface area (Å²) in [5.41, 5.74) is 0. The Morgan fingerprint density at radius 2 is 0.831 bits per heavy atom. The predicted molar refractivity (Wildman–Crippen MR) is 312 cm³/mol. The van der Waals surface area contributed by atoms with Crippen LogP contribution in [0.2, 0.25) is 0 Å². The Kier molecular flexibility index (Phi) is 48.0. The minimum Gasteiger partial charge on any atom is -0.479 e.